The van der Waals surface area contributed by atoms with Gasteiger partial charge in [0.2, 0.25) is 0 Å². The highest BCUT2D eigenvalue weighted by Crippen LogP contribution is 2.37. The Bertz CT molecular complexity index is 1610. The van der Waals surface area contributed by atoms with Gasteiger partial charge in [0.1, 0.15) is 5.69 Å². The van der Waals surface area contributed by atoms with Crippen molar-refractivity contribution in [2.45, 2.75) is 6.92 Å². The number of benzene rings is 1. The van der Waals surface area contributed by atoms with Gasteiger partial charge in [-0.05, 0) is 55.0 Å². The van der Waals surface area contributed by atoms with Crippen molar-refractivity contribution in [1.82, 2.24) is 25.1 Å². The summed E-state index contributed by atoms with van der Waals surface area (Å²) in [6.07, 6.45) is 5.39. The summed E-state index contributed by atoms with van der Waals surface area (Å²) in [5.74, 6) is 0.0867. The number of carbonyl (C=O) groups is 1. The third-order valence-electron chi connectivity index (χ3n) is 5.57. The largest absolute Gasteiger partial charge is 0.353 e. The molecule has 6 nitrogen and oxygen atoms in total. The number of nitrogens with one attached hydrogen (secondary N) is 2. The zero-order chi connectivity index (χ0) is 21.7. The summed E-state index contributed by atoms with van der Waals surface area (Å²) in [5.41, 5.74) is 6.65. The van der Waals surface area contributed by atoms with E-state index < -0.39 is 0 Å². The SMILES string of the molecule is CC(=O)c1ccc(-c2cccc3[nH]c(-c4n[nH]c5ncc(-c6ccncc6)cc45)cc23)s1. The summed E-state index contributed by atoms with van der Waals surface area (Å²) < 4.78 is 0. The molecule has 0 aliphatic carbocycles. The summed E-state index contributed by atoms with van der Waals surface area (Å²) in [6, 6.07) is 18.2. The van der Waals surface area contributed by atoms with Crippen LogP contribution in [0, 0.1) is 0 Å². The molecule has 0 radical (unpaired) electrons. The number of hydrogen-bond acceptors (Lipinski definition) is 5. The van der Waals surface area contributed by atoms with E-state index in [1.54, 1.807) is 19.3 Å². The molecule has 0 bridgehead atoms. The van der Waals surface area contributed by atoms with Crippen LogP contribution in [0.4, 0.5) is 0 Å². The van der Waals surface area contributed by atoms with E-state index in [0.717, 1.165) is 59.8 Å². The third-order valence-corrected chi connectivity index (χ3v) is 6.79. The van der Waals surface area contributed by atoms with Gasteiger partial charge in [-0.3, -0.25) is 14.9 Å². The number of pyridine rings is 2. The molecular weight excluding hydrogens is 418 g/mol. The lowest BCUT2D eigenvalue weighted by molar-refractivity contribution is 0.102. The highest BCUT2D eigenvalue weighted by molar-refractivity contribution is 7.17. The molecule has 1 aromatic carbocycles. The molecule has 5 aromatic heterocycles. The monoisotopic (exact) mass is 435 g/mol. The first-order valence-electron chi connectivity index (χ1n) is 10.1. The molecule has 6 rings (SSSR count). The molecular formula is C25H17N5OS. The number of nitrogens with zero attached hydrogens (tertiary/aromatic N) is 3. The van der Waals surface area contributed by atoms with Crippen molar-refractivity contribution >= 4 is 39.1 Å². The number of Topliss-reactive ketones (excluding diaryl/α,β-unsaturated/α-hetero) is 1. The fourth-order valence-corrected chi connectivity index (χ4v) is 4.92. The van der Waals surface area contributed by atoms with Gasteiger partial charge in [0, 0.05) is 50.9 Å². The van der Waals surface area contributed by atoms with Crippen molar-refractivity contribution in [3.63, 3.8) is 0 Å². The van der Waals surface area contributed by atoms with Crippen molar-refractivity contribution in [3.8, 4) is 33.0 Å². The van der Waals surface area contributed by atoms with Gasteiger partial charge in [-0.1, -0.05) is 12.1 Å². The van der Waals surface area contributed by atoms with Crippen molar-refractivity contribution in [2.24, 2.45) is 0 Å². The second kappa shape index (κ2) is 7.25. The van der Waals surface area contributed by atoms with Crippen LogP contribution in [0.2, 0.25) is 0 Å². The Morgan fingerprint density at radius 1 is 0.969 bits per heavy atom. The molecule has 32 heavy (non-hydrogen) atoms. The number of fused-ring (bicyclic) bond motifs is 2. The van der Waals surface area contributed by atoms with Gasteiger partial charge in [0.05, 0.1) is 10.6 Å². The molecule has 154 valence electrons. The lowest BCUT2D eigenvalue weighted by Crippen LogP contribution is -1.83. The quantitative estimate of drug-likeness (QED) is 0.328. The number of carbonyl (C=O) groups excluding carboxylic acids is 1. The number of ketones is 1. The van der Waals surface area contributed by atoms with Crippen molar-refractivity contribution < 1.29 is 4.79 Å². The maximum absolute atomic E-state index is 11.8. The fraction of sp³-hybridized carbons (Fsp3) is 0.0400. The molecule has 5 heterocycles. The number of rotatable bonds is 4. The Morgan fingerprint density at radius 2 is 1.84 bits per heavy atom. The minimum atomic E-state index is 0.0867. The fourth-order valence-electron chi connectivity index (χ4n) is 3.98. The topological polar surface area (TPSA) is 87.3 Å². The minimum absolute atomic E-state index is 0.0867. The Morgan fingerprint density at radius 3 is 2.66 bits per heavy atom. The summed E-state index contributed by atoms with van der Waals surface area (Å²) in [7, 11) is 0. The second-order valence-electron chi connectivity index (χ2n) is 7.60. The lowest BCUT2D eigenvalue weighted by atomic mass is 10.1. The van der Waals surface area contributed by atoms with Crippen LogP contribution in [0.5, 0.6) is 0 Å². The number of aromatic nitrogens is 5. The number of H-pyrrole nitrogens is 2. The zero-order valence-corrected chi connectivity index (χ0v) is 17.9. The van der Waals surface area contributed by atoms with Gasteiger partial charge in [-0.15, -0.1) is 11.3 Å². The van der Waals surface area contributed by atoms with E-state index in [0.29, 0.717) is 0 Å². The lowest BCUT2D eigenvalue weighted by Gasteiger charge is -2.01. The van der Waals surface area contributed by atoms with Crippen molar-refractivity contribution in [2.75, 3.05) is 0 Å². The van der Waals surface area contributed by atoms with Gasteiger partial charge < -0.3 is 4.98 Å². The van der Waals surface area contributed by atoms with E-state index in [1.807, 2.05) is 36.5 Å². The van der Waals surface area contributed by atoms with Gasteiger partial charge in [-0.25, -0.2) is 4.98 Å². The van der Waals surface area contributed by atoms with E-state index >= 15 is 0 Å². The average molecular weight is 436 g/mol. The predicted molar refractivity (Wildman–Crippen MR) is 128 cm³/mol. The Labute approximate surface area is 187 Å². The van der Waals surface area contributed by atoms with Crippen LogP contribution in [-0.4, -0.2) is 30.9 Å². The standard InChI is InChI=1S/C25H17N5OS/c1-14(31)22-5-6-23(32-22)17-3-2-4-20-18(17)12-21(28-20)24-19-11-16(13-27-25(19)30-29-24)15-7-9-26-10-8-15/h2-13,28H,1H3,(H,27,29,30). The number of aromatic amines is 2. The molecule has 0 spiro atoms. The molecule has 7 heteroatoms. The first-order valence-corrected chi connectivity index (χ1v) is 11.0. The van der Waals surface area contributed by atoms with E-state index in [1.165, 1.54) is 11.3 Å². The van der Waals surface area contributed by atoms with Crippen LogP contribution >= 0.6 is 11.3 Å². The van der Waals surface area contributed by atoms with Gasteiger partial charge in [-0.2, -0.15) is 5.10 Å². The zero-order valence-electron chi connectivity index (χ0n) is 17.1. The first kappa shape index (κ1) is 18.7. The summed E-state index contributed by atoms with van der Waals surface area (Å²) in [5, 5.41) is 9.63. The van der Waals surface area contributed by atoms with Crippen LogP contribution in [0.1, 0.15) is 16.6 Å². The molecule has 0 amide bonds. The molecule has 0 saturated carbocycles. The highest BCUT2D eigenvalue weighted by atomic mass is 32.1. The smallest absolute Gasteiger partial charge is 0.169 e. The van der Waals surface area contributed by atoms with Crippen LogP contribution in [0.25, 0.3) is 54.9 Å². The Kier molecular flexibility index (Phi) is 4.22. The summed E-state index contributed by atoms with van der Waals surface area (Å²) >= 11 is 1.52. The molecule has 0 aliphatic rings. The summed E-state index contributed by atoms with van der Waals surface area (Å²) in [4.78, 5) is 25.7. The van der Waals surface area contributed by atoms with E-state index in [4.69, 9.17) is 0 Å². The predicted octanol–water partition coefficient (Wildman–Crippen LogP) is 6.10. The van der Waals surface area contributed by atoms with Crippen LogP contribution in [-0.2, 0) is 0 Å². The second-order valence-corrected chi connectivity index (χ2v) is 8.68. The Hall–Kier alpha value is -4.10. The Balaban J connectivity index is 1.49. The van der Waals surface area contributed by atoms with E-state index in [2.05, 4.69) is 49.4 Å². The minimum Gasteiger partial charge on any atom is -0.353 e. The molecule has 6 aromatic rings. The van der Waals surface area contributed by atoms with Crippen LogP contribution < -0.4 is 0 Å². The average Bonchev–Trinajstić information content (AvgIpc) is 3.56. The van der Waals surface area contributed by atoms with E-state index in [9.17, 15) is 4.79 Å². The molecule has 0 atom stereocenters. The van der Waals surface area contributed by atoms with E-state index in [-0.39, 0.29) is 5.78 Å². The van der Waals surface area contributed by atoms with Crippen molar-refractivity contribution in [3.05, 3.63) is 78.1 Å². The molecule has 2 N–H and O–H groups in total. The molecule has 0 unspecified atom stereocenters. The van der Waals surface area contributed by atoms with Crippen LogP contribution in [0.15, 0.2) is 73.2 Å². The molecule has 0 fully saturated rings. The van der Waals surface area contributed by atoms with Crippen LogP contribution in [0.3, 0.4) is 0 Å². The number of hydrogen-bond donors (Lipinski definition) is 2. The first-order chi connectivity index (χ1) is 15.7. The van der Waals surface area contributed by atoms with Gasteiger partial charge in [0.25, 0.3) is 0 Å². The van der Waals surface area contributed by atoms with Gasteiger partial charge in [0.15, 0.2) is 11.4 Å². The maximum Gasteiger partial charge on any atom is 0.169 e. The van der Waals surface area contributed by atoms with Crippen molar-refractivity contribution in [1.29, 1.82) is 0 Å². The van der Waals surface area contributed by atoms with Gasteiger partial charge >= 0.3 is 0 Å². The summed E-state index contributed by atoms with van der Waals surface area (Å²) in [6.45, 7) is 1.60. The number of thiophene rings is 1. The maximum atomic E-state index is 11.8. The molecule has 0 saturated heterocycles. The normalized spacial score (nSPS) is 11.4. The molecule has 0 aliphatic heterocycles. The highest BCUT2D eigenvalue weighted by Gasteiger charge is 2.16. The third kappa shape index (κ3) is 3.02.